The number of carbonyl (C=O) groups is 1. The molecule has 0 unspecified atom stereocenters. The number of hydrogen-bond acceptors (Lipinski definition) is 3. The predicted molar refractivity (Wildman–Crippen MR) is 96.3 cm³/mol. The number of amides is 1. The van der Waals surface area contributed by atoms with Crippen LogP contribution in [-0.2, 0) is 4.79 Å². The van der Waals surface area contributed by atoms with Gasteiger partial charge in [0, 0.05) is 5.56 Å². The molecule has 0 aliphatic rings. The molecule has 0 saturated heterocycles. The third-order valence-electron chi connectivity index (χ3n) is 3.56. The van der Waals surface area contributed by atoms with Gasteiger partial charge in [-0.3, -0.25) is 4.79 Å². The van der Waals surface area contributed by atoms with E-state index in [2.05, 4.69) is 11.1 Å². The number of nitrogens with two attached hydrogens (primary N) is 1. The average Bonchev–Trinajstić information content (AvgIpc) is 3.00. The molecule has 1 aromatic heterocycles. The highest BCUT2D eigenvalue weighted by atomic mass is 32.2. The van der Waals surface area contributed by atoms with Crippen molar-refractivity contribution >= 4 is 17.7 Å². The first kappa shape index (κ1) is 15.9. The van der Waals surface area contributed by atoms with Gasteiger partial charge in [-0.25, -0.2) is 0 Å². The monoisotopic (exact) mass is 333 g/mol. The van der Waals surface area contributed by atoms with Gasteiger partial charge in [-0.1, -0.05) is 72.4 Å². The Morgan fingerprint density at radius 1 is 1.04 bits per heavy atom. The number of thioether (sulfide) groups is 1. The maximum atomic E-state index is 11.1. The van der Waals surface area contributed by atoms with Crippen LogP contribution in [-0.4, -0.2) is 16.6 Å². The summed E-state index contributed by atoms with van der Waals surface area (Å²) in [5, 5.41) is 10.3. The molecular formula is C19H15N3OS. The van der Waals surface area contributed by atoms with Gasteiger partial charge in [0.2, 0.25) is 5.91 Å². The number of nitrogens with one attached hydrogen (secondary N) is 1. The Bertz CT molecular complexity index is 896. The molecule has 3 N–H and O–H groups in total. The van der Waals surface area contributed by atoms with Crippen molar-refractivity contribution in [2.24, 2.45) is 5.73 Å². The molecule has 5 heteroatoms. The topological polar surface area (TPSA) is 82.7 Å². The van der Waals surface area contributed by atoms with Crippen LogP contribution < -0.4 is 5.73 Å². The molecule has 118 valence electrons. The summed E-state index contributed by atoms with van der Waals surface area (Å²) in [4.78, 5) is 14.4. The number of hydrogen-bond donors (Lipinski definition) is 2. The number of nitriles is 1. The third kappa shape index (κ3) is 3.19. The highest BCUT2D eigenvalue weighted by Crippen LogP contribution is 2.39. The van der Waals surface area contributed by atoms with E-state index in [0.717, 1.165) is 22.4 Å². The van der Waals surface area contributed by atoms with Crippen LogP contribution >= 0.6 is 11.8 Å². The lowest BCUT2D eigenvalue weighted by Crippen LogP contribution is -2.13. The number of nitrogens with zero attached hydrogens (tertiary/aromatic N) is 1. The van der Waals surface area contributed by atoms with Gasteiger partial charge in [-0.15, -0.1) is 0 Å². The van der Waals surface area contributed by atoms with Crippen LogP contribution in [0.3, 0.4) is 0 Å². The van der Waals surface area contributed by atoms with Gasteiger partial charge in [0.15, 0.2) is 0 Å². The number of carbonyl (C=O) groups excluding carboxylic acids is 1. The largest absolute Gasteiger partial charge is 0.369 e. The van der Waals surface area contributed by atoms with Gasteiger partial charge < -0.3 is 10.7 Å². The number of aromatic nitrogens is 1. The van der Waals surface area contributed by atoms with Gasteiger partial charge in [0.05, 0.1) is 22.0 Å². The van der Waals surface area contributed by atoms with Crippen LogP contribution in [0.15, 0.2) is 65.7 Å². The molecule has 0 bridgehead atoms. The van der Waals surface area contributed by atoms with E-state index in [1.807, 2.05) is 60.7 Å². The maximum absolute atomic E-state index is 11.1. The van der Waals surface area contributed by atoms with Crippen LogP contribution in [0, 0.1) is 11.3 Å². The molecule has 1 heterocycles. The molecule has 1 amide bonds. The van der Waals surface area contributed by atoms with Crippen molar-refractivity contribution in [3.05, 3.63) is 66.2 Å². The van der Waals surface area contributed by atoms with Gasteiger partial charge in [-0.05, 0) is 11.1 Å². The fourth-order valence-corrected chi connectivity index (χ4v) is 3.30. The van der Waals surface area contributed by atoms with Gasteiger partial charge >= 0.3 is 0 Å². The van der Waals surface area contributed by atoms with Gasteiger partial charge in [0.1, 0.15) is 6.07 Å². The van der Waals surface area contributed by atoms with Crippen LogP contribution in [0.1, 0.15) is 5.56 Å². The molecule has 3 aromatic rings. The lowest BCUT2D eigenvalue weighted by atomic mass is 9.98. The average molecular weight is 333 g/mol. The highest BCUT2D eigenvalue weighted by Gasteiger charge is 2.20. The van der Waals surface area contributed by atoms with Gasteiger partial charge in [0.25, 0.3) is 0 Å². The van der Waals surface area contributed by atoms with E-state index in [0.29, 0.717) is 10.6 Å². The highest BCUT2D eigenvalue weighted by molar-refractivity contribution is 8.00. The number of benzene rings is 2. The van der Waals surface area contributed by atoms with Crippen molar-refractivity contribution in [2.45, 2.75) is 5.03 Å². The first-order valence-electron chi connectivity index (χ1n) is 7.38. The molecule has 0 fully saturated rings. The van der Waals surface area contributed by atoms with E-state index in [4.69, 9.17) is 5.73 Å². The molecule has 4 nitrogen and oxygen atoms in total. The normalized spacial score (nSPS) is 10.3. The van der Waals surface area contributed by atoms with Crippen LogP contribution in [0.2, 0.25) is 0 Å². The van der Waals surface area contributed by atoms with Crippen molar-refractivity contribution in [3.63, 3.8) is 0 Å². The Morgan fingerprint density at radius 2 is 1.62 bits per heavy atom. The smallest absolute Gasteiger partial charge is 0.227 e. The Morgan fingerprint density at radius 3 is 2.17 bits per heavy atom. The van der Waals surface area contributed by atoms with E-state index in [1.54, 1.807) is 0 Å². The number of aromatic amines is 1. The first-order valence-corrected chi connectivity index (χ1v) is 8.37. The summed E-state index contributed by atoms with van der Waals surface area (Å²) in [7, 11) is 0. The van der Waals surface area contributed by atoms with Crippen molar-refractivity contribution in [1.29, 1.82) is 5.26 Å². The summed E-state index contributed by atoms with van der Waals surface area (Å²) in [6, 6.07) is 21.9. The van der Waals surface area contributed by atoms with Crippen LogP contribution in [0.4, 0.5) is 0 Å². The molecular weight excluding hydrogens is 318 g/mol. The number of primary amides is 1. The molecule has 0 radical (unpaired) electrons. The molecule has 24 heavy (non-hydrogen) atoms. The second kappa shape index (κ2) is 7.07. The standard InChI is InChI=1S/C19H15N3OS/c20-11-15-17(13-7-3-1-4-8-13)18(14-9-5-2-6-10-14)22-19(15)24-12-16(21)23/h1-10,22H,12H2,(H2,21,23). The summed E-state index contributed by atoms with van der Waals surface area (Å²) in [5.74, 6) is -0.293. The van der Waals surface area contributed by atoms with Crippen molar-refractivity contribution < 1.29 is 4.79 Å². The number of H-pyrrole nitrogens is 1. The fraction of sp³-hybridized carbons (Fsp3) is 0.0526. The summed E-state index contributed by atoms with van der Waals surface area (Å²) in [6.45, 7) is 0. The molecule has 0 aliphatic heterocycles. The van der Waals surface area contributed by atoms with E-state index >= 15 is 0 Å². The predicted octanol–water partition coefficient (Wildman–Crippen LogP) is 3.80. The second-order valence-electron chi connectivity index (χ2n) is 5.18. The van der Waals surface area contributed by atoms with E-state index in [9.17, 15) is 10.1 Å². The summed E-state index contributed by atoms with van der Waals surface area (Å²) < 4.78 is 0. The second-order valence-corrected chi connectivity index (χ2v) is 6.16. The molecule has 2 aromatic carbocycles. The molecule has 0 spiro atoms. The molecule has 0 aliphatic carbocycles. The van der Waals surface area contributed by atoms with Crippen molar-refractivity contribution in [1.82, 2.24) is 4.98 Å². The quantitative estimate of drug-likeness (QED) is 0.697. The minimum Gasteiger partial charge on any atom is -0.369 e. The summed E-state index contributed by atoms with van der Waals surface area (Å²) >= 11 is 1.25. The van der Waals surface area contributed by atoms with Gasteiger partial charge in [-0.2, -0.15) is 5.26 Å². The summed E-state index contributed by atoms with van der Waals surface area (Å²) in [6.07, 6.45) is 0. The SMILES string of the molecule is N#Cc1c(SCC(N)=O)[nH]c(-c2ccccc2)c1-c1ccccc1. The van der Waals surface area contributed by atoms with E-state index < -0.39 is 5.91 Å². The lowest BCUT2D eigenvalue weighted by Gasteiger charge is -2.05. The summed E-state index contributed by atoms with van der Waals surface area (Å²) in [5.41, 5.74) is 9.42. The van der Waals surface area contributed by atoms with E-state index in [1.165, 1.54) is 11.8 Å². The minimum atomic E-state index is -0.416. The zero-order valence-corrected chi connectivity index (χ0v) is 13.6. The Labute approximate surface area is 144 Å². The Hall–Kier alpha value is -2.97. The fourth-order valence-electron chi connectivity index (χ4n) is 2.55. The minimum absolute atomic E-state index is 0.123. The number of rotatable bonds is 5. The maximum Gasteiger partial charge on any atom is 0.227 e. The first-order chi connectivity index (χ1) is 11.7. The molecule has 0 saturated carbocycles. The Kier molecular flexibility index (Phi) is 4.69. The lowest BCUT2D eigenvalue weighted by molar-refractivity contribution is -0.115. The van der Waals surface area contributed by atoms with Crippen LogP contribution in [0.5, 0.6) is 0 Å². The third-order valence-corrected chi connectivity index (χ3v) is 4.58. The van der Waals surface area contributed by atoms with Crippen molar-refractivity contribution in [2.75, 3.05) is 5.75 Å². The van der Waals surface area contributed by atoms with E-state index in [-0.39, 0.29) is 5.75 Å². The zero-order valence-electron chi connectivity index (χ0n) is 12.8. The molecule has 0 atom stereocenters. The van der Waals surface area contributed by atoms with Crippen molar-refractivity contribution in [3.8, 4) is 28.5 Å². The Balaban J connectivity index is 2.20. The zero-order chi connectivity index (χ0) is 16.9. The molecule has 3 rings (SSSR count). The van der Waals surface area contributed by atoms with Crippen LogP contribution in [0.25, 0.3) is 22.4 Å².